The molecule has 0 aliphatic carbocycles. The smallest absolute Gasteiger partial charge is 0.0672 e. The van der Waals surface area contributed by atoms with E-state index in [4.69, 9.17) is 4.74 Å². The molecule has 0 saturated heterocycles. The maximum atomic E-state index is 5.37. The summed E-state index contributed by atoms with van der Waals surface area (Å²) in [6, 6.07) is 3.96. The summed E-state index contributed by atoms with van der Waals surface area (Å²) in [5.41, 5.74) is 3.15. The van der Waals surface area contributed by atoms with Crippen LogP contribution in [0.1, 0.15) is 12.6 Å². The fraction of sp³-hybridized carbons (Fsp3) is 0.417. The van der Waals surface area contributed by atoms with Gasteiger partial charge in [-0.05, 0) is 26.0 Å². The Labute approximate surface area is 91.2 Å². The third kappa shape index (κ3) is 5.18. The zero-order valence-electron chi connectivity index (χ0n) is 9.42. The van der Waals surface area contributed by atoms with Crippen LogP contribution in [0.5, 0.6) is 0 Å². The van der Waals surface area contributed by atoms with E-state index in [0.29, 0.717) is 13.2 Å². The average molecular weight is 206 g/mol. The van der Waals surface area contributed by atoms with Crippen molar-refractivity contribution in [2.75, 3.05) is 25.1 Å². The number of anilines is 1. The number of ether oxygens (including phenoxy) is 1. The predicted octanol–water partition coefficient (Wildman–Crippen LogP) is 2.39. The van der Waals surface area contributed by atoms with E-state index in [1.807, 2.05) is 26.0 Å². The van der Waals surface area contributed by atoms with Crippen LogP contribution in [0, 0.1) is 6.92 Å². The van der Waals surface area contributed by atoms with Crippen LogP contribution in [0.15, 0.2) is 30.5 Å². The summed E-state index contributed by atoms with van der Waals surface area (Å²) in [6.07, 6.45) is 1.80. The maximum Gasteiger partial charge on any atom is 0.0672 e. The van der Waals surface area contributed by atoms with E-state index in [-0.39, 0.29) is 0 Å². The molecule has 1 heterocycles. The SMILES string of the molecule is C=C(C)COCCNc1ccnc(C)c1. The monoisotopic (exact) mass is 206 g/mol. The van der Waals surface area contributed by atoms with Gasteiger partial charge in [0.15, 0.2) is 0 Å². The van der Waals surface area contributed by atoms with Gasteiger partial charge in [-0.25, -0.2) is 0 Å². The Hall–Kier alpha value is -1.35. The van der Waals surface area contributed by atoms with E-state index in [1.165, 1.54) is 0 Å². The van der Waals surface area contributed by atoms with E-state index >= 15 is 0 Å². The van der Waals surface area contributed by atoms with Crippen molar-refractivity contribution < 1.29 is 4.74 Å². The number of rotatable bonds is 6. The lowest BCUT2D eigenvalue weighted by Gasteiger charge is -2.07. The highest BCUT2D eigenvalue weighted by Crippen LogP contribution is 2.05. The van der Waals surface area contributed by atoms with Crippen LogP contribution in [0.4, 0.5) is 5.69 Å². The minimum absolute atomic E-state index is 0.636. The van der Waals surface area contributed by atoms with Crippen LogP contribution in [0.25, 0.3) is 0 Å². The number of nitrogens with zero attached hydrogens (tertiary/aromatic N) is 1. The fourth-order valence-corrected chi connectivity index (χ4v) is 1.17. The van der Waals surface area contributed by atoms with Gasteiger partial charge >= 0.3 is 0 Å². The standard InChI is InChI=1S/C12H18N2O/c1-10(2)9-15-7-6-14-12-4-5-13-11(3)8-12/h4-5,8H,1,6-7,9H2,2-3H3,(H,13,14). The summed E-state index contributed by atoms with van der Waals surface area (Å²) in [5.74, 6) is 0. The Morgan fingerprint density at radius 3 is 3.07 bits per heavy atom. The highest BCUT2D eigenvalue weighted by Gasteiger charge is 1.92. The van der Waals surface area contributed by atoms with E-state index in [1.54, 1.807) is 6.20 Å². The van der Waals surface area contributed by atoms with Crippen molar-refractivity contribution >= 4 is 5.69 Å². The van der Waals surface area contributed by atoms with Crippen molar-refractivity contribution in [3.63, 3.8) is 0 Å². The number of aromatic nitrogens is 1. The Morgan fingerprint density at radius 1 is 1.60 bits per heavy atom. The van der Waals surface area contributed by atoms with E-state index in [0.717, 1.165) is 23.5 Å². The molecule has 3 nitrogen and oxygen atoms in total. The molecule has 0 atom stereocenters. The van der Waals surface area contributed by atoms with Crippen molar-refractivity contribution in [2.45, 2.75) is 13.8 Å². The lowest BCUT2D eigenvalue weighted by molar-refractivity contribution is 0.167. The molecular weight excluding hydrogens is 188 g/mol. The molecule has 82 valence electrons. The van der Waals surface area contributed by atoms with Gasteiger partial charge in [0.2, 0.25) is 0 Å². The van der Waals surface area contributed by atoms with Crippen molar-refractivity contribution in [1.82, 2.24) is 4.98 Å². The van der Waals surface area contributed by atoms with Gasteiger partial charge in [-0.3, -0.25) is 4.98 Å². The van der Waals surface area contributed by atoms with Crippen LogP contribution < -0.4 is 5.32 Å². The first-order chi connectivity index (χ1) is 7.18. The van der Waals surface area contributed by atoms with Crippen LogP contribution in [0.2, 0.25) is 0 Å². The molecular formula is C12H18N2O. The van der Waals surface area contributed by atoms with E-state index in [9.17, 15) is 0 Å². The summed E-state index contributed by atoms with van der Waals surface area (Å²) < 4.78 is 5.37. The van der Waals surface area contributed by atoms with Crippen molar-refractivity contribution in [1.29, 1.82) is 0 Å². The fourth-order valence-electron chi connectivity index (χ4n) is 1.17. The zero-order valence-corrected chi connectivity index (χ0v) is 9.42. The van der Waals surface area contributed by atoms with Gasteiger partial charge in [0, 0.05) is 24.1 Å². The molecule has 15 heavy (non-hydrogen) atoms. The molecule has 0 fully saturated rings. The number of hydrogen-bond acceptors (Lipinski definition) is 3. The minimum Gasteiger partial charge on any atom is -0.383 e. The zero-order chi connectivity index (χ0) is 11.1. The topological polar surface area (TPSA) is 34.1 Å². The van der Waals surface area contributed by atoms with Gasteiger partial charge < -0.3 is 10.1 Å². The van der Waals surface area contributed by atoms with Crippen molar-refractivity contribution in [2.24, 2.45) is 0 Å². The molecule has 0 unspecified atom stereocenters. The maximum absolute atomic E-state index is 5.37. The second kappa shape index (κ2) is 6.19. The molecule has 3 heteroatoms. The third-order valence-electron chi connectivity index (χ3n) is 1.82. The molecule has 0 radical (unpaired) electrons. The largest absolute Gasteiger partial charge is 0.383 e. The van der Waals surface area contributed by atoms with E-state index in [2.05, 4.69) is 16.9 Å². The number of pyridine rings is 1. The normalized spacial score (nSPS) is 10.0. The van der Waals surface area contributed by atoms with Gasteiger partial charge in [0.05, 0.1) is 13.2 Å². The first kappa shape index (κ1) is 11.7. The lowest BCUT2D eigenvalue weighted by atomic mass is 10.3. The molecule has 0 aromatic carbocycles. The van der Waals surface area contributed by atoms with E-state index < -0.39 is 0 Å². The number of nitrogens with one attached hydrogen (secondary N) is 1. The molecule has 0 aliphatic rings. The van der Waals surface area contributed by atoms with Gasteiger partial charge in [0.25, 0.3) is 0 Å². The molecule has 1 rings (SSSR count). The molecule has 0 spiro atoms. The van der Waals surface area contributed by atoms with Gasteiger partial charge in [0.1, 0.15) is 0 Å². The van der Waals surface area contributed by atoms with Gasteiger partial charge in [-0.2, -0.15) is 0 Å². The summed E-state index contributed by atoms with van der Waals surface area (Å²) in [5, 5.41) is 3.26. The second-order valence-electron chi connectivity index (χ2n) is 3.62. The third-order valence-corrected chi connectivity index (χ3v) is 1.82. The molecule has 1 N–H and O–H groups in total. The highest BCUT2D eigenvalue weighted by atomic mass is 16.5. The highest BCUT2D eigenvalue weighted by molar-refractivity contribution is 5.42. The summed E-state index contributed by atoms with van der Waals surface area (Å²) in [7, 11) is 0. The Bertz CT molecular complexity index is 323. The predicted molar refractivity (Wildman–Crippen MR) is 63.1 cm³/mol. The summed E-state index contributed by atoms with van der Waals surface area (Å²) in [6.45, 7) is 9.83. The molecule has 0 bridgehead atoms. The Balaban J connectivity index is 2.17. The van der Waals surface area contributed by atoms with Crippen LogP contribution >= 0.6 is 0 Å². The van der Waals surface area contributed by atoms with Crippen LogP contribution in [-0.4, -0.2) is 24.7 Å². The molecule has 0 amide bonds. The number of hydrogen-bond donors (Lipinski definition) is 1. The quantitative estimate of drug-likeness (QED) is 0.573. The first-order valence-corrected chi connectivity index (χ1v) is 5.07. The molecule has 0 aliphatic heterocycles. The minimum atomic E-state index is 0.636. The Morgan fingerprint density at radius 2 is 2.40 bits per heavy atom. The average Bonchev–Trinajstić information content (AvgIpc) is 2.17. The molecule has 0 saturated carbocycles. The van der Waals surface area contributed by atoms with Gasteiger partial charge in [-0.15, -0.1) is 0 Å². The number of aryl methyl sites for hydroxylation is 1. The van der Waals surface area contributed by atoms with Crippen molar-refractivity contribution in [3.8, 4) is 0 Å². The van der Waals surface area contributed by atoms with Gasteiger partial charge in [-0.1, -0.05) is 12.2 Å². The van der Waals surface area contributed by atoms with Crippen LogP contribution in [-0.2, 0) is 4.74 Å². The Kier molecular flexibility index (Phi) is 4.84. The molecule has 1 aromatic rings. The summed E-state index contributed by atoms with van der Waals surface area (Å²) in [4.78, 5) is 4.12. The summed E-state index contributed by atoms with van der Waals surface area (Å²) >= 11 is 0. The molecule has 1 aromatic heterocycles. The first-order valence-electron chi connectivity index (χ1n) is 5.07. The van der Waals surface area contributed by atoms with Crippen molar-refractivity contribution in [3.05, 3.63) is 36.2 Å². The lowest BCUT2D eigenvalue weighted by Crippen LogP contribution is -2.10. The second-order valence-corrected chi connectivity index (χ2v) is 3.62. The van der Waals surface area contributed by atoms with Crippen LogP contribution in [0.3, 0.4) is 0 Å².